The number of carbonyl (C=O) groups excluding carboxylic acids is 3. The Morgan fingerprint density at radius 1 is 1.21 bits per heavy atom. The first-order valence-corrected chi connectivity index (χ1v) is 9.51. The third kappa shape index (κ3) is 4.34. The minimum Gasteiger partial charge on any atom is -0.437 e. The van der Waals surface area contributed by atoms with Crippen molar-refractivity contribution in [2.45, 2.75) is 18.8 Å². The zero-order valence-electron chi connectivity index (χ0n) is 15.8. The number of hydrogen-bond donors (Lipinski definition) is 1. The summed E-state index contributed by atoms with van der Waals surface area (Å²) in [6.07, 6.45) is 4.92. The van der Waals surface area contributed by atoms with E-state index in [4.69, 9.17) is 4.74 Å². The zero-order chi connectivity index (χ0) is 20.2. The van der Waals surface area contributed by atoms with Crippen LogP contribution in [0.15, 0.2) is 42.7 Å². The molecule has 150 valence electrons. The molecule has 0 radical (unpaired) electrons. The molecule has 2 fully saturated rings. The van der Waals surface area contributed by atoms with Crippen molar-refractivity contribution in [3.63, 3.8) is 0 Å². The third-order valence-electron chi connectivity index (χ3n) is 5.02. The molecule has 3 heterocycles. The fourth-order valence-electron chi connectivity index (χ4n) is 3.51. The van der Waals surface area contributed by atoms with Crippen LogP contribution in [0.3, 0.4) is 0 Å². The number of nitrogens with zero attached hydrogens (tertiary/aromatic N) is 4. The van der Waals surface area contributed by atoms with Crippen LogP contribution in [-0.2, 0) is 9.59 Å². The molecule has 1 atom stereocenters. The van der Waals surface area contributed by atoms with Crippen LogP contribution in [-0.4, -0.2) is 63.8 Å². The highest BCUT2D eigenvalue weighted by molar-refractivity contribution is 6.04. The summed E-state index contributed by atoms with van der Waals surface area (Å²) in [5.41, 5.74) is 0.755. The molecule has 4 amide bonds. The van der Waals surface area contributed by atoms with Gasteiger partial charge < -0.3 is 15.0 Å². The number of amides is 4. The van der Waals surface area contributed by atoms with Crippen molar-refractivity contribution in [3.05, 3.63) is 48.4 Å². The van der Waals surface area contributed by atoms with Gasteiger partial charge in [0.25, 0.3) is 5.91 Å². The lowest BCUT2D eigenvalue weighted by molar-refractivity contribution is -0.137. The Morgan fingerprint density at radius 3 is 2.79 bits per heavy atom. The summed E-state index contributed by atoms with van der Waals surface area (Å²) < 4.78 is 5.75. The molecule has 0 saturated carbocycles. The molecule has 2 aliphatic heterocycles. The molecule has 2 aliphatic rings. The highest BCUT2D eigenvalue weighted by Gasteiger charge is 2.33. The summed E-state index contributed by atoms with van der Waals surface area (Å²) in [6, 6.07) is 8.82. The second-order valence-corrected chi connectivity index (χ2v) is 7.01. The van der Waals surface area contributed by atoms with Crippen LogP contribution >= 0.6 is 0 Å². The van der Waals surface area contributed by atoms with Gasteiger partial charge in [-0.25, -0.2) is 9.78 Å². The van der Waals surface area contributed by atoms with E-state index in [0.29, 0.717) is 24.7 Å². The van der Waals surface area contributed by atoms with Gasteiger partial charge in [0.1, 0.15) is 12.3 Å². The minimum absolute atomic E-state index is 0.0163. The van der Waals surface area contributed by atoms with Gasteiger partial charge in [-0.2, -0.15) is 0 Å². The third-order valence-corrected chi connectivity index (χ3v) is 5.02. The second kappa shape index (κ2) is 8.26. The molecule has 0 bridgehead atoms. The number of imide groups is 1. The lowest BCUT2D eigenvalue weighted by atomic mass is 9.95. The number of likely N-dealkylation sites (tertiary alicyclic amines) is 1. The number of urea groups is 1. The summed E-state index contributed by atoms with van der Waals surface area (Å²) in [5.74, 6) is 0.463. The first kappa shape index (κ1) is 18.9. The average Bonchev–Trinajstić information content (AvgIpc) is 3.07. The van der Waals surface area contributed by atoms with Gasteiger partial charge in [0.15, 0.2) is 0 Å². The van der Waals surface area contributed by atoms with Gasteiger partial charge in [-0.05, 0) is 25.0 Å². The largest absolute Gasteiger partial charge is 0.437 e. The monoisotopic (exact) mass is 395 g/mol. The second-order valence-electron chi connectivity index (χ2n) is 7.01. The Morgan fingerprint density at radius 2 is 2.03 bits per heavy atom. The normalized spacial score (nSPS) is 19.2. The SMILES string of the molecule is O=C(CN1C(=O)CNC1=O)N1CCC[C@@H](c2cncc(Oc3ccccc3)n2)C1. The van der Waals surface area contributed by atoms with Gasteiger partial charge >= 0.3 is 6.03 Å². The van der Waals surface area contributed by atoms with E-state index in [1.54, 1.807) is 17.3 Å². The van der Waals surface area contributed by atoms with Crippen molar-refractivity contribution in [3.8, 4) is 11.6 Å². The van der Waals surface area contributed by atoms with E-state index >= 15 is 0 Å². The van der Waals surface area contributed by atoms with Crippen LogP contribution in [0.1, 0.15) is 24.5 Å². The lowest BCUT2D eigenvalue weighted by Crippen LogP contribution is -2.46. The average molecular weight is 395 g/mol. The molecule has 1 aromatic carbocycles. The van der Waals surface area contributed by atoms with E-state index in [-0.39, 0.29) is 30.8 Å². The standard InChI is InChI=1S/C20H21N5O4/c26-18-11-22-20(28)25(18)13-19(27)24-8-4-5-14(12-24)16-9-21-10-17(23-16)29-15-6-2-1-3-7-15/h1-3,6-7,9-10,14H,4-5,8,11-13H2,(H,22,28)/t14-/m1/s1. The van der Waals surface area contributed by atoms with Crippen molar-refractivity contribution in [2.24, 2.45) is 0 Å². The molecular weight excluding hydrogens is 374 g/mol. The maximum atomic E-state index is 12.6. The molecule has 2 saturated heterocycles. The summed E-state index contributed by atoms with van der Waals surface area (Å²) >= 11 is 0. The Kier molecular flexibility index (Phi) is 5.37. The van der Waals surface area contributed by atoms with Gasteiger partial charge in [-0.15, -0.1) is 0 Å². The van der Waals surface area contributed by atoms with Crippen LogP contribution < -0.4 is 10.1 Å². The molecule has 0 spiro atoms. The molecule has 1 aromatic heterocycles. The van der Waals surface area contributed by atoms with Gasteiger partial charge in [0.2, 0.25) is 11.8 Å². The number of rotatable bonds is 5. The molecule has 1 N–H and O–H groups in total. The van der Waals surface area contributed by atoms with Crippen molar-refractivity contribution >= 4 is 17.8 Å². The highest BCUT2D eigenvalue weighted by Crippen LogP contribution is 2.27. The minimum atomic E-state index is -0.520. The van der Waals surface area contributed by atoms with Crippen molar-refractivity contribution in [1.82, 2.24) is 25.1 Å². The Labute approximate surface area is 167 Å². The number of piperidine rings is 1. The topological polar surface area (TPSA) is 105 Å². The smallest absolute Gasteiger partial charge is 0.325 e. The highest BCUT2D eigenvalue weighted by atomic mass is 16.5. The van der Waals surface area contributed by atoms with Crippen LogP contribution in [0, 0.1) is 0 Å². The van der Waals surface area contributed by atoms with E-state index in [1.165, 1.54) is 0 Å². The van der Waals surface area contributed by atoms with Crippen LogP contribution in [0.25, 0.3) is 0 Å². The summed E-state index contributed by atoms with van der Waals surface area (Å²) in [7, 11) is 0. The van der Waals surface area contributed by atoms with Crippen molar-refractivity contribution < 1.29 is 19.1 Å². The molecule has 9 heteroatoms. The predicted molar refractivity (Wildman–Crippen MR) is 102 cm³/mol. The number of para-hydroxylation sites is 1. The van der Waals surface area contributed by atoms with Crippen LogP contribution in [0.5, 0.6) is 11.6 Å². The maximum absolute atomic E-state index is 12.6. The predicted octanol–water partition coefficient (Wildman–Crippen LogP) is 1.53. The molecule has 0 aliphatic carbocycles. The molecule has 2 aromatic rings. The van der Waals surface area contributed by atoms with E-state index in [9.17, 15) is 14.4 Å². The van der Waals surface area contributed by atoms with Gasteiger partial charge in [-0.3, -0.25) is 19.5 Å². The number of ether oxygens (including phenoxy) is 1. The summed E-state index contributed by atoms with van der Waals surface area (Å²) in [4.78, 5) is 47.4. The first-order valence-electron chi connectivity index (χ1n) is 9.51. The van der Waals surface area contributed by atoms with Crippen LogP contribution in [0.4, 0.5) is 4.79 Å². The molecule has 9 nitrogen and oxygen atoms in total. The number of nitrogens with one attached hydrogen (secondary N) is 1. The molecule has 29 heavy (non-hydrogen) atoms. The summed E-state index contributed by atoms with van der Waals surface area (Å²) in [6.45, 7) is 0.761. The van der Waals surface area contributed by atoms with Gasteiger partial charge in [0, 0.05) is 25.2 Å². The Balaban J connectivity index is 1.41. The van der Waals surface area contributed by atoms with Gasteiger partial charge in [0.05, 0.1) is 18.4 Å². The van der Waals surface area contributed by atoms with E-state index in [0.717, 1.165) is 23.4 Å². The number of aromatic nitrogens is 2. The maximum Gasteiger partial charge on any atom is 0.325 e. The first-order chi connectivity index (χ1) is 14.1. The van der Waals surface area contributed by atoms with Crippen molar-refractivity contribution in [1.29, 1.82) is 0 Å². The van der Waals surface area contributed by atoms with E-state index < -0.39 is 6.03 Å². The van der Waals surface area contributed by atoms with E-state index in [2.05, 4.69) is 15.3 Å². The number of benzene rings is 1. The molecular formula is C20H21N5O4. The fourth-order valence-corrected chi connectivity index (χ4v) is 3.51. The summed E-state index contributed by atoms with van der Waals surface area (Å²) in [5, 5.41) is 2.42. The zero-order valence-corrected chi connectivity index (χ0v) is 15.8. The Hall–Kier alpha value is -3.49. The lowest BCUT2D eigenvalue weighted by Gasteiger charge is -2.33. The van der Waals surface area contributed by atoms with Crippen LogP contribution in [0.2, 0.25) is 0 Å². The van der Waals surface area contributed by atoms with Gasteiger partial charge in [-0.1, -0.05) is 18.2 Å². The number of hydrogen-bond acceptors (Lipinski definition) is 6. The van der Waals surface area contributed by atoms with E-state index in [1.807, 2.05) is 30.3 Å². The van der Waals surface area contributed by atoms with Crippen molar-refractivity contribution in [2.75, 3.05) is 26.2 Å². The quantitative estimate of drug-likeness (QED) is 0.770. The Bertz CT molecular complexity index is 904. The molecule has 0 unspecified atom stereocenters. The number of carbonyl (C=O) groups is 3. The fraction of sp³-hybridized carbons (Fsp3) is 0.350. The molecule has 4 rings (SSSR count).